The highest BCUT2D eigenvalue weighted by Crippen LogP contribution is 2.36. The first kappa shape index (κ1) is 18.0. The highest BCUT2D eigenvalue weighted by Gasteiger charge is 2.27. The van der Waals surface area contributed by atoms with Crippen LogP contribution in [-0.2, 0) is 10.0 Å². The van der Waals surface area contributed by atoms with Gasteiger partial charge in [0, 0.05) is 22.1 Å². The van der Waals surface area contributed by atoms with Crippen molar-refractivity contribution in [1.82, 2.24) is 5.43 Å². The monoisotopic (exact) mass is 400 g/mol. The van der Waals surface area contributed by atoms with Crippen molar-refractivity contribution in [3.8, 4) is 0 Å². The third kappa shape index (κ3) is 3.89. The van der Waals surface area contributed by atoms with Crippen LogP contribution in [0.25, 0.3) is 0 Å². The van der Waals surface area contributed by atoms with Crippen LogP contribution in [0.3, 0.4) is 0 Å². The highest BCUT2D eigenvalue weighted by atomic mass is 35.5. The fourth-order valence-corrected chi connectivity index (χ4v) is 4.83. The summed E-state index contributed by atoms with van der Waals surface area (Å²) < 4.78 is 28.3. The molecule has 0 spiro atoms. The molecule has 0 amide bonds. The lowest BCUT2D eigenvalue weighted by Crippen LogP contribution is -2.99. The van der Waals surface area contributed by atoms with E-state index in [0.29, 0.717) is 21.2 Å². The number of amidine groups is 1. The van der Waals surface area contributed by atoms with Crippen LogP contribution in [0.1, 0.15) is 5.56 Å². The van der Waals surface area contributed by atoms with Crippen molar-refractivity contribution in [2.24, 2.45) is 4.40 Å². The van der Waals surface area contributed by atoms with Gasteiger partial charge in [-0.3, -0.25) is 10.9 Å². The number of hydrogen-bond donors (Lipinski definition) is 4. The minimum absolute atomic E-state index is 0.121. The second-order valence-corrected chi connectivity index (χ2v) is 8.16. The molecule has 0 aliphatic carbocycles. The molecular weight excluding hydrogens is 388 g/mol. The first-order chi connectivity index (χ1) is 11.8. The van der Waals surface area contributed by atoms with E-state index in [0.717, 1.165) is 11.8 Å². The van der Waals surface area contributed by atoms with Gasteiger partial charge in [-0.25, -0.2) is 5.21 Å². The number of rotatable bonds is 3. The zero-order valence-corrected chi connectivity index (χ0v) is 15.2. The molecule has 11 heteroatoms. The number of nitrogens with one attached hydrogen (secondary N) is 3. The topological polar surface area (TPSA) is 118 Å². The van der Waals surface area contributed by atoms with E-state index >= 15 is 0 Å². The Morgan fingerprint density at radius 1 is 1.24 bits per heavy atom. The quantitative estimate of drug-likeness (QED) is 0.580. The van der Waals surface area contributed by atoms with Crippen LogP contribution in [-0.4, -0.2) is 18.8 Å². The normalized spacial score (nSPS) is 16.6. The van der Waals surface area contributed by atoms with Gasteiger partial charge in [0.15, 0.2) is 10.9 Å². The second-order valence-electron chi connectivity index (χ2n) is 5.15. The Morgan fingerprint density at radius 2 is 1.92 bits per heavy atom. The van der Waals surface area contributed by atoms with Crippen molar-refractivity contribution in [3.05, 3.63) is 52.2 Å². The molecule has 0 fully saturated rings. The SMILES string of the molecule is Cc1cc2c(cc1Cl)SC(NNc1ccc([NH+]([O-])O)cc1)=NS2(=O)=O. The van der Waals surface area contributed by atoms with Crippen molar-refractivity contribution in [3.63, 3.8) is 0 Å². The molecule has 2 aromatic rings. The average Bonchev–Trinajstić information content (AvgIpc) is 2.55. The molecule has 0 bridgehead atoms. The van der Waals surface area contributed by atoms with Gasteiger partial charge in [-0.15, -0.1) is 4.40 Å². The number of hydrogen-bond acceptors (Lipinski definition) is 7. The summed E-state index contributed by atoms with van der Waals surface area (Å²) in [7, 11) is -3.82. The first-order valence-electron chi connectivity index (χ1n) is 6.94. The van der Waals surface area contributed by atoms with Crippen molar-refractivity contribution in [2.75, 3.05) is 5.43 Å². The average molecular weight is 401 g/mol. The molecule has 0 saturated carbocycles. The minimum atomic E-state index is -3.82. The molecule has 1 aliphatic heterocycles. The van der Waals surface area contributed by atoms with Gasteiger partial charge in [-0.05, 0) is 48.5 Å². The molecule has 1 atom stereocenters. The van der Waals surface area contributed by atoms with E-state index in [1.807, 2.05) is 0 Å². The van der Waals surface area contributed by atoms with Gasteiger partial charge < -0.3 is 5.21 Å². The predicted molar refractivity (Wildman–Crippen MR) is 95.6 cm³/mol. The van der Waals surface area contributed by atoms with Crippen LogP contribution < -0.4 is 16.1 Å². The van der Waals surface area contributed by atoms with Gasteiger partial charge in [-0.2, -0.15) is 13.6 Å². The third-order valence-electron chi connectivity index (χ3n) is 3.36. The molecule has 1 heterocycles. The largest absolute Gasteiger partial charge is 0.595 e. The van der Waals surface area contributed by atoms with Crippen LogP contribution in [0.2, 0.25) is 5.02 Å². The van der Waals surface area contributed by atoms with Gasteiger partial charge in [0.1, 0.15) is 4.90 Å². The molecule has 0 radical (unpaired) electrons. The molecule has 3 rings (SSSR count). The molecule has 0 aromatic heterocycles. The number of benzene rings is 2. The maximum Gasteiger partial charge on any atom is 0.285 e. The van der Waals surface area contributed by atoms with Crippen molar-refractivity contribution < 1.29 is 18.9 Å². The number of hydrazine groups is 1. The zero-order valence-electron chi connectivity index (χ0n) is 12.8. The molecule has 1 unspecified atom stereocenters. The molecule has 132 valence electrons. The van der Waals surface area contributed by atoms with Gasteiger partial charge in [0.2, 0.25) is 0 Å². The molecule has 0 saturated heterocycles. The Labute approximate surface area is 153 Å². The summed E-state index contributed by atoms with van der Waals surface area (Å²) in [4.78, 5) is 0.604. The molecule has 25 heavy (non-hydrogen) atoms. The summed E-state index contributed by atoms with van der Waals surface area (Å²) in [6.45, 7) is 1.72. The fourth-order valence-electron chi connectivity index (χ4n) is 2.07. The lowest BCUT2D eigenvalue weighted by atomic mass is 10.2. The summed E-state index contributed by atoms with van der Waals surface area (Å²) >= 11 is 7.20. The summed E-state index contributed by atoms with van der Waals surface area (Å²) in [6.07, 6.45) is 0. The van der Waals surface area contributed by atoms with Crippen LogP contribution in [0.5, 0.6) is 0 Å². The number of sulfonamides is 1. The lowest BCUT2D eigenvalue weighted by Gasteiger charge is -2.18. The Hall–Kier alpha value is -1.82. The van der Waals surface area contributed by atoms with Gasteiger partial charge in [0.25, 0.3) is 10.0 Å². The van der Waals surface area contributed by atoms with Gasteiger partial charge in [0.05, 0.1) is 5.69 Å². The van der Waals surface area contributed by atoms with Crippen LogP contribution in [0.4, 0.5) is 11.4 Å². The van der Waals surface area contributed by atoms with E-state index in [2.05, 4.69) is 15.2 Å². The summed E-state index contributed by atoms with van der Waals surface area (Å²) in [6, 6.07) is 9.04. The van der Waals surface area contributed by atoms with Crippen molar-refractivity contribution in [1.29, 1.82) is 0 Å². The molecule has 2 aromatic carbocycles. The summed E-state index contributed by atoms with van der Waals surface area (Å²) in [5.74, 6) is 0. The first-order valence-corrected chi connectivity index (χ1v) is 9.58. The van der Waals surface area contributed by atoms with Crippen molar-refractivity contribution >= 4 is 49.9 Å². The summed E-state index contributed by atoms with van der Waals surface area (Å²) in [5.41, 5.74) is 6.86. The second kappa shape index (κ2) is 6.83. The maximum atomic E-state index is 12.3. The van der Waals surface area contributed by atoms with Crippen LogP contribution in [0.15, 0.2) is 50.6 Å². The third-order valence-corrected chi connectivity index (χ3v) is 6.27. The highest BCUT2D eigenvalue weighted by molar-refractivity contribution is 8.15. The standard InChI is InChI=1S/C14H13ClN4O4S2/c1-8-6-13-12(7-11(8)15)24-14(18-25(13,22)23)17-16-9-2-4-10(5-3-9)19(20)21/h2-7,16,19-20H,1H3,(H,17,18). The smallest absolute Gasteiger partial charge is 0.285 e. The number of thioether (sulfide) groups is 1. The Morgan fingerprint density at radius 3 is 2.56 bits per heavy atom. The van der Waals surface area contributed by atoms with Gasteiger partial charge in [-0.1, -0.05) is 11.6 Å². The summed E-state index contributed by atoms with van der Waals surface area (Å²) in [5, 5.41) is 19.3. The molecule has 1 aliphatic rings. The van der Waals surface area contributed by atoms with Crippen LogP contribution in [0, 0.1) is 12.1 Å². The van der Waals surface area contributed by atoms with E-state index in [1.54, 1.807) is 25.1 Å². The fraction of sp³-hybridized carbons (Fsp3) is 0.0714. The van der Waals surface area contributed by atoms with E-state index in [-0.39, 0.29) is 15.8 Å². The molecular formula is C14H13ClN4O4S2. The van der Waals surface area contributed by atoms with Crippen molar-refractivity contribution in [2.45, 2.75) is 16.7 Å². The minimum Gasteiger partial charge on any atom is -0.595 e. The molecule has 8 nitrogen and oxygen atoms in total. The maximum absolute atomic E-state index is 12.3. The zero-order chi connectivity index (χ0) is 18.2. The van der Waals surface area contributed by atoms with E-state index in [1.165, 1.54) is 18.2 Å². The van der Waals surface area contributed by atoms with E-state index in [9.17, 15) is 13.6 Å². The number of aryl methyl sites for hydroxylation is 1. The number of halogens is 1. The number of nitrogens with zero attached hydrogens (tertiary/aromatic N) is 1. The Balaban J connectivity index is 1.78. The number of fused-ring (bicyclic) bond motifs is 1. The molecule has 4 N–H and O–H groups in total. The predicted octanol–water partition coefficient (Wildman–Crippen LogP) is 1.82. The number of anilines is 1. The Bertz CT molecular complexity index is 946. The van der Waals surface area contributed by atoms with Crippen LogP contribution >= 0.6 is 23.4 Å². The van der Waals surface area contributed by atoms with E-state index < -0.39 is 15.2 Å². The Kier molecular flexibility index (Phi) is 4.91. The number of quaternary nitrogens is 1. The van der Waals surface area contributed by atoms with Gasteiger partial charge >= 0.3 is 0 Å². The lowest BCUT2D eigenvalue weighted by molar-refractivity contribution is -0.991. The van der Waals surface area contributed by atoms with E-state index in [4.69, 9.17) is 16.8 Å².